The van der Waals surface area contributed by atoms with Crippen LogP contribution in [0.2, 0.25) is 0 Å². The number of rotatable bonds is 2. The Bertz CT molecular complexity index is 135. The van der Waals surface area contributed by atoms with Gasteiger partial charge in [0.1, 0.15) is 0 Å². The highest BCUT2D eigenvalue weighted by Gasteiger charge is 2.20. The van der Waals surface area contributed by atoms with Crippen LogP contribution in [0.15, 0.2) is 0 Å². The van der Waals surface area contributed by atoms with E-state index in [9.17, 15) is 4.79 Å². The molecule has 58 valence electrons. The second-order valence-electron chi connectivity index (χ2n) is 2.73. The van der Waals surface area contributed by atoms with Crippen molar-refractivity contribution in [2.75, 3.05) is 20.6 Å². The van der Waals surface area contributed by atoms with Crippen molar-refractivity contribution >= 4 is 5.91 Å². The van der Waals surface area contributed by atoms with Gasteiger partial charge in [-0.2, -0.15) is 0 Å². The third-order valence-electron chi connectivity index (χ3n) is 1.42. The average Bonchev–Trinajstić information content (AvgIpc) is 2.13. The lowest BCUT2D eigenvalue weighted by atomic mass is 10.3. The number of hydrogen-bond donors (Lipinski definition) is 2. The fourth-order valence-corrected chi connectivity index (χ4v) is 1.06. The second kappa shape index (κ2) is 2.98. The van der Waals surface area contributed by atoms with Crippen LogP contribution in [0.3, 0.4) is 0 Å². The molecule has 1 aliphatic heterocycles. The van der Waals surface area contributed by atoms with Gasteiger partial charge in [0.25, 0.3) is 0 Å². The Morgan fingerprint density at radius 1 is 1.70 bits per heavy atom. The quantitative estimate of drug-likeness (QED) is 0.484. The van der Waals surface area contributed by atoms with E-state index in [1.54, 1.807) is 0 Å². The highest BCUT2D eigenvalue weighted by atomic mass is 16.1. The maximum absolute atomic E-state index is 10.7. The van der Waals surface area contributed by atoms with Crippen molar-refractivity contribution in [2.45, 2.75) is 12.5 Å². The molecule has 1 fully saturated rings. The lowest BCUT2D eigenvalue weighted by molar-refractivity contribution is -0.119. The predicted molar refractivity (Wildman–Crippen MR) is 38.2 cm³/mol. The van der Waals surface area contributed by atoms with Crippen molar-refractivity contribution in [2.24, 2.45) is 0 Å². The number of carbonyl (C=O) groups excluding carboxylic acids is 1. The molecule has 4 heteroatoms. The molecule has 2 N–H and O–H groups in total. The molecule has 1 rings (SSSR count). The van der Waals surface area contributed by atoms with Gasteiger partial charge in [0.05, 0.1) is 0 Å². The molecule has 0 spiro atoms. The van der Waals surface area contributed by atoms with Gasteiger partial charge in [-0.1, -0.05) is 0 Å². The van der Waals surface area contributed by atoms with E-state index < -0.39 is 0 Å². The molecule has 1 saturated heterocycles. The summed E-state index contributed by atoms with van der Waals surface area (Å²) in [6, 6.07) is 0.280. The van der Waals surface area contributed by atoms with E-state index in [1.165, 1.54) is 0 Å². The number of hydrazine groups is 1. The SMILES string of the molecule is CN(C)NC1CNC(=O)C1. The Morgan fingerprint density at radius 3 is 2.80 bits per heavy atom. The van der Waals surface area contributed by atoms with E-state index in [4.69, 9.17) is 0 Å². The topological polar surface area (TPSA) is 44.4 Å². The lowest BCUT2D eigenvalue weighted by Gasteiger charge is -2.16. The summed E-state index contributed by atoms with van der Waals surface area (Å²) in [7, 11) is 3.84. The first-order valence-corrected chi connectivity index (χ1v) is 3.38. The zero-order valence-electron chi connectivity index (χ0n) is 6.35. The van der Waals surface area contributed by atoms with E-state index in [0.29, 0.717) is 6.42 Å². The van der Waals surface area contributed by atoms with Crippen LogP contribution in [-0.2, 0) is 4.79 Å². The maximum Gasteiger partial charge on any atom is 0.221 e. The van der Waals surface area contributed by atoms with Crippen molar-refractivity contribution in [3.8, 4) is 0 Å². The molecule has 0 aliphatic carbocycles. The van der Waals surface area contributed by atoms with Crippen molar-refractivity contribution in [1.29, 1.82) is 0 Å². The van der Waals surface area contributed by atoms with Gasteiger partial charge in [0.15, 0.2) is 0 Å². The molecule has 0 aromatic heterocycles. The van der Waals surface area contributed by atoms with Crippen LogP contribution < -0.4 is 10.7 Å². The molecule has 1 atom stereocenters. The van der Waals surface area contributed by atoms with E-state index in [1.807, 2.05) is 19.1 Å². The summed E-state index contributed by atoms with van der Waals surface area (Å²) in [6.45, 7) is 0.747. The van der Waals surface area contributed by atoms with Crippen molar-refractivity contribution in [1.82, 2.24) is 15.8 Å². The molecule has 0 aromatic carbocycles. The van der Waals surface area contributed by atoms with Gasteiger partial charge in [-0.05, 0) is 0 Å². The van der Waals surface area contributed by atoms with Crippen LogP contribution in [0.25, 0.3) is 0 Å². The molecule has 0 radical (unpaired) electrons. The molecule has 1 heterocycles. The first-order valence-electron chi connectivity index (χ1n) is 3.38. The van der Waals surface area contributed by atoms with Crippen molar-refractivity contribution in [3.05, 3.63) is 0 Å². The monoisotopic (exact) mass is 143 g/mol. The molecule has 4 nitrogen and oxygen atoms in total. The minimum atomic E-state index is 0.138. The average molecular weight is 143 g/mol. The number of nitrogens with one attached hydrogen (secondary N) is 2. The predicted octanol–water partition coefficient (Wildman–Crippen LogP) is -1.06. The number of hydrogen-bond acceptors (Lipinski definition) is 3. The maximum atomic E-state index is 10.7. The second-order valence-corrected chi connectivity index (χ2v) is 2.73. The van der Waals surface area contributed by atoms with E-state index in [2.05, 4.69) is 10.7 Å². The first kappa shape index (κ1) is 7.50. The third-order valence-corrected chi connectivity index (χ3v) is 1.42. The van der Waals surface area contributed by atoms with Crippen LogP contribution in [0, 0.1) is 0 Å². The smallest absolute Gasteiger partial charge is 0.221 e. The fourth-order valence-electron chi connectivity index (χ4n) is 1.06. The van der Waals surface area contributed by atoms with Gasteiger partial charge in [0, 0.05) is 33.1 Å². The van der Waals surface area contributed by atoms with Gasteiger partial charge in [0.2, 0.25) is 5.91 Å². The summed E-state index contributed by atoms with van der Waals surface area (Å²) in [4.78, 5) is 10.7. The Morgan fingerprint density at radius 2 is 2.40 bits per heavy atom. The van der Waals surface area contributed by atoms with Gasteiger partial charge in [-0.3, -0.25) is 15.2 Å². The number of amides is 1. The van der Waals surface area contributed by atoms with Crippen molar-refractivity contribution in [3.63, 3.8) is 0 Å². The highest BCUT2D eigenvalue weighted by molar-refractivity contribution is 5.78. The van der Waals surface area contributed by atoms with Gasteiger partial charge in [-0.25, -0.2) is 0 Å². The summed E-state index contributed by atoms with van der Waals surface area (Å²) in [5.74, 6) is 0.138. The van der Waals surface area contributed by atoms with Gasteiger partial charge >= 0.3 is 0 Å². The number of nitrogens with zero attached hydrogens (tertiary/aromatic N) is 1. The molecule has 0 bridgehead atoms. The minimum Gasteiger partial charge on any atom is -0.354 e. The Kier molecular flexibility index (Phi) is 2.24. The van der Waals surface area contributed by atoms with Gasteiger partial charge < -0.3 is 5.32 Å². The molecule has 0 aromatic rings. The zero-order valence-corrected chi connectivity index (χ0v) is 6.35. The Balaban J connectivity index is 2.24. The Labute approximate surface area is 60.5 Å². The van der Waals surface area contributed by atoms with Gasteiger partial charge in [-0.15, -0.1) is 0 Å². The largest absolute Gasteiger partial charge is 0.354 e. The molecule has 10 heavy (non-hydrogen) atoms. The molecular weight excluding hydrogens is 130 g/mol. The normalized spacial score (nSPS) is 25.5. The van der Waals surface area contributed by atoms with Crippen LogP contribution in [0.5, 0.6) is 0 Å². The summed E-state index contributed by atoms with van der Waals surface area (Å²) in [5, 5.41) is 4.61. The summed E-state index contributed by atoms with van der Waals surface area (Å²) < 4.78 is 0. The van der Waals surface area contributed by atoms with E-state index in [0.717, 1.165) is 6.54 Å². The van der Waals surface area contributed by atoms with E-state index in [-0.39, 0.29) is 11.9 Å². The number of carbonyl (C=O) groups is 1. The third kappa shape index (κ3) is 1.97. The fraction of sp³-hybridized carbons (Fsp3) is 0.833. The van der Waals surface area contributed by atoms with Crippen LogP contribution in [-0.4, -0.2) is 37.6 Å². The standard InChI is InChI=1S/C6H13N3O/c1-9(2)8-5-3-6(10)7-4-5/h5,8H,3-4H2,1-2H3,(H,7,10). The first-order chi connectivity index (χ1) is 4.68. The summed E-state index contributed by atoms with van der Waals surface area (Å²) in [6.07, 6.45) is 0.595. The van der Waals surface area contributed by atoms with Crippen LogP contribution in [0.4, 0.5) is 0 Å². The van der Waals surface area contributed by atoms with Crippen LogP contribution >= 0.6 is 0 Å². The van der Waals surface area contributed by atoms with E-state index >= 15 is 0 Å². The molecule has 1 amide bonds. The molecule has 0 saturated carbocycles. The lowest BCUT2D eigenvalue weighted by Crippen LogP contribution is -2.40. The Hall–Kier alpha value is -0.610. The molecule has 1 unspecified atom stereocenters. The van der Waals surface area contributed by atoms with Crippen LogP contribution in [0.1, 0.15) is 6.42 Å². The summed E-state index contributed by atoms with van der Waals surface area (Å²) in [5.41, 5.74) is 3.12. The highest BCUT2D eigenvalue weighted by Crippen LogP contribution is 1.98. The zero-order chi connectivity index (χ0) is 7.56. The van der Waals surface area contributed by atoms with Crippen molar-refractivity contribution < 1.29 is 4.79 Å². The molecular formula is C6H13N3O. The summed E-state index contributed by atoms with van der Waals surface area (Å²) >= 11 is 0. The molecule has 1 aliphatic rings. The minimum absolute atomic E-state index is 0.138.